The van der Waals surface area contributed by atoms with Gasteiger partial charge in [0.15, 0.2) is 0 Å². The highest BCUT2D eigenvalue weighted by atomic mass is 14.9. The fourth-order valence-corrected chi connectivity index (χ4v) is 2.46. The molecule has 0 spiro atoms. The molecule has 0 radical (unpaired) electrons. The third kappa shape index (κ3) is 2.78. The first kappa shape index (κ1) is 12.4. The number of aryl methyl sites for hydroxylation is 1. The van der Waals surface area contributed by atoms with Crippen molar-refractivity contribution in [2.45, 2.75) is 45.6 Å². The van der Waals surface area contributed by atoms with Gasteiger partial charge in [0.2, 0.25) is 0 Å². The molecular weight excluding hydrogens is 210 g/mol. The SMILES string of the molecule is CCCNC(c1cc(C)cnc1N)C1CCC1. The Morgan fingerprint density at radius 3 is 2.88 bits per heavy atom. The van der Waals surface area contributed by atoms with Gasteiger partial charge in [0, 0.05) is 17.8 Å². The highest BCUT2D eigenvalue weighted by molar-refractivity contribution is 5.43. The second-order valence-corrected chi connectivity index (χ2v) is 5.11. The van der Waals surface area contributed by atoms with E-state index < -0.39 is 0 Å². The Kier molecular flexibility index (Phi) is 4.00. The molecule has 3 nitrogen and oxygen atoms in total. The predicted molar refractivity (Wildman–Crippen MR) is 71.8 cm³/mol. The second-order valence-electron chi connectivity index (χ2n) is 5.11. The minimum Gasteiger partial charge on any atom is -0.383 e. The quantitative estimate of drug-likeness (QED) is 0.822. The molecule has 1 unspecified atom stereocenters. The summed E-state index contributed by atoms with van der Waals surface area (Å²) in [5.41, 5.74) is 8.42. The van der Waals surface area contributed by atoms with Gasteiger partial charge in [-0.1, -0.05) is 13.3 Å². The van der Waals surface area contributed by atoms with Crippen LogP contribution in [0, 0.1) is 12.8 Å². The topological polar surface area (TPSA) is 50.9 Å². The molecule has 1 aliphatic carbocycles. The molecule has 0 aliphatic heterocycles. The molecule has 3 N–H and O–H groups in total. The monoisotopic (exact) mass is 233 g/mol. The van der Waals surface area contributed by atoms with Crippen molar-refractivity contribution in [1.29, 1.82) is 0 Å². The van der Waals surface area contributed by atoms with Crippen LogP contribution in [0.4, 0.5) is 5.82 Å². The normalized spacial score (nSPS) is 17.8. The van der Waals surface area contributed by atoms with E-state index in [1.54, 1.807) is 0 Å². The molecule has 2 rings (SSSR count). The molecule has 1 heterocycles. The predicted octanol–water partition coefficient (Wildman–Crippen LogP) is 2.81. The molecule has 0 bridgehead atoms. The molecule has 3 heteroatoms. The second kappa shape index (κ2) is 5.50. The third-order valence-electron chi connectivity index (χ3n) is 3.66. The molecule has 1 fully saturated rings. The number of nitrogens with one attached hydrogen (secondary N) is 1. The molecule has 0 amide bonds. The Morgan fingerprint density at radius 2 is 2.29 bits per heavy atom. The zero-order chi connectivity index (χ0) is 12.3. The summed E-state index contributed by atoms with van der Waals surface area (Å²) >= 11 is 0. The van der Waals surface area contributed by atoms with Gasteiger partial charge in [0.25, 0.3) is 0 Å². The maximum Gasteiger partial charge on any atom is 0.128 e. The summed E-state index contributed by atoms with van der Waals surface area (Å²) in [6.45, 7) is 5.32. The summed E-state index contributed by atoms with van der Waals surface area (Å²) in [5.74, 6) is 1.43. The zero-order valence-corrected chi connectivity index (χ0v) is 10.9. The molecule has 1 aliphatic rings. The molecule has 1 atom stereocenters. The summed E-state index contributed by atoms with van der Waals surface area (Å²) in [6.07, 6.45) is 6.98. The first-order chi connectivity index (χ1) is 8.22. The van der Waals surface area contributed by atoms with Crippen LogP contribution < -0.4 is 11.1 Å². The largest absolute Gasteiger partial charge is 0.383 e. The van der Waals surface area contributed by atoms with E-state index in [9.17, 15) is 0 Å². The van der Waals surface area contributed by atoms with E-state index in [-0.39, 0.29) is 0 Å². The van der Waals surface area contributed by atoms with Gasteiger partial charge in [0.05, 0.1) is 0 Å². The van der Waals surface area contributed by atoms with Gasteiger partial charge >= 0.3 is 0 Å². The maximum absolute atomic E-state index is 6.03. The van der Waals surface area contributed by atoms with E-state index in [1.807, 2.05) is 6.20 Å². The van der Waals surface area contributed by atoms with Crippen molar-refractivity contribution >= 4 is 5.82 Å². The van der Waals surface area contributed by atoms with Crippen molar-refractivity contribution in [1.82, 2.24) is 10.3 Å². The van der Waals surface area contributed by atoms with E-state index >= 15 is 0 Å². The van der Waals surface area contributed by atoms with Gasteiger partial charge in [-0.25, -0.2) is 4.98 Å². The first-order valence-electron chi connectivity index (χ1n) is 6.67. The number of hydrogen-bond donors (Lipinski definition) is 2. The zero-order valence-electron chi connectivity index (χ0n) is 10.9. The number of anilines is 1. The lowest BCUT2D eigenvalue weighted by atomic mass is 9.77. The van der Waals surface area contributed by atoms with Crippen molar-refractivity contribution in [3.8, 4) is 0 Å². The summed E-state index contributed by atoms with van der Waals surface area (Å²) in [5, 5.41) is 3.64. The Bertz CT molecular complexity index is 372. The smallest absolute Gasteiger partial charge is 0.128 e. The lowest BCUT2D eigenvalue weighted by Crippen LogP contribution is -2.33. The summed E-state index contributed by atoms with van der Waals surface area (Å²) in [6, 6.07) is 2.59. The average molecular weight is 233 g/mol. The van der Waals surface area contributed by atoms with Gasteiger partial charge in [-0.15, -0.1) is 0 Å². The van der Waals surface area contributed by atoms with Crippen molar-refractivity contribution < 1.29 is 0 Å². The minimum absolute atomic E-state index is 0.399. The van der Waals surface area contributed by atoms with Gasteiger partial charge in [-0.3, -0.25) is 0 Å². The van der Waals surface area contributed by atoms with Gasteiger partial charge < -0.3 is 11.1 Å². The van der Waals surface area contributed by atoms with Crippen LogP contribution in [0.3, 0.4) is 0 Å². The number of hydrogen-bond acceptors (Lipinski definition) is 3. The van der Waals surface area contributed by atoms with E-state index in [0.29, 0.717) is 11.9 Å². The van der Waals surface area contributed by atoms with E-state index in [4.69, 9.17) is 5.73 Å². The molecule has 94 valence electrons. The van der Waals surface area contributed by atoms with Crippen LogP contribution >= 0.6 is 0 Å². The van der Waals surface area contributed by atoms with Crippen LogP contribution in [0.1, 0.15) is 49.8 Å². The standard InChI is InChI=1S/C14H23N3/c1-3-7-16-13(11-5-4-6-11)12-8-10(2)9-17-14(12)15/h8-9,11,13,16H,3-7H2,1-2H3,(H2,15,17). The van der Waals surface area contributed by atoms with Crippen LogP contribution in [0.5, 0.6) is 0 Å². The molecular formula is C14H23N3. The number of aromatic nitrogens is 1. The van der Waals surface area contributed by atoms with Crippen LogP contribution in [-0.4, -0.2) is 11.5 Å². The molecule has 1 aromatic rings. The van der Waals surface area contributed by atoms with Crippen molar-refractivity contribution in [3.63, 3.8) is 0 Å². The van der Waals surface area contributed by atoms with Gasteiger partial charge in [-0.2, -0.15) is 0 Å². The van der Waals surface area contributed by atoms with Crippen LogP contribution in [0.2, 0.25) is 0 Å². The van der Waals surface area contributed by atoms with Crippen molar-refractivity contribution in [2.24, 2.45) is 5.92 Å². The Labute approximate surface area is 104 Å². The number of nitrogens with two attached hydrogens (primary N) is 1. The molecule has 17 heavy (non-hydrogen) atoms. The highest BCUT2D eigenvalue weighted by Crippen LogP contribution is 2.39. The molecule has 1 saturated carbocycles. The minimum atomic E-state index is 0.399. The molecule has 1 aromatic heterocycles. The first-order valence-corrected chi connectivity index (χ1v) is 6.67. The Hall–Kier alpha value is -1.09. The molecule has 0 saturated heterocycles. The molecule has 0 aromatic carbocycles. The highest BCUT2D eigenvalue weighted by Gasteiger charge is 2.29. The van der Waals surface area contributed by atoms with Crippen LogP contribution in [0.25, 0.3) is 0 Å². The fraction of sp³-hybridized carbons (Fsp3) is 0.643. The lowest BCUT2D eigenvalue weighted by molar-refractivity contribution is 0.231. The average Bonchev–Trinajstić information content (AvgIpc) is 2.25. The van der Waals surface area contributed by atoms with Gasteiger partial charge in [-0.05, 0) is 50.3 Å². The van der Waals surface area contributed by atoms with E-state index in [0.717, 1.165) is 18.9 Å². The van der Waals surface area contributed by atoms with Gasteiger partial charge in [0.1, 0.15) is 5.82 Å². The fourth-order valence-electron chi connectivity index (χ4n) is 2.46. The third-order valence-corrected chi connectivity index (χ3v) is 3.66. The van der Waals surface area contributed by atoms with Crippen molar-refractivity contribution in [2.75, 3.05) is 12.3 Å². The number of rotatable bonds is 5. The summed E-state index contributed by atoms with van der Waals surface area (Å²) in [4.78, 5) is 4.29. The van der Waals surface area contributed by atoms with E-state index in [2.05, 4.69) is 30.2 Å². The number of nitrogen functional groups attached to an aromatic ring is 1. The lowest BCUT2D eigenvalue weighted by Gasteiger charge is -2.35. The number of pyridine rings is 1. The Balaban J connectivity index is 2.20. The summed E-state index contributed by atoms with van der Waals surface area (Å²) < 4.78 is 0. The number of nitrogens with zero attached hydrogens (tertiary/aromatic N) is 1. The van der Waals surface area contributed by atoms with Crippen molar-refractivity contribution in [3.05, 3.63) is 23.4 Å². The van der Waals surface area contributed by atoms with Crippen LogP contribution in [-0.2, 0) is 0 Å². The maximum atomic E-state index is 6.03. The Morgan fingerprint density at radius 1 is 1.53 bits per heavy atom. The van der Waals surface area contributed by atoms with E-state index in [1.165, 1.54) is 30.4 Å². The summed E-state index contributed by atoms with van der Waals surface area (Å²) in [7, 11) is 0. The van der Waals surface area contributed by atoms with Crippen LogP contribution in [0.15, 0.2) is 12.3 Å².